The van der Waals surface area contributed by atoms with Crippen LogP contribution in [0.3, 0.4) is 0 Å². The zero-order valence-corrected chi connectivity index (χ0v) is 10.6. The lowest BCUT2D eigenvalue weighted by atomic mass is 10.1. The maximum atomic E-state index is 11.1. The molecule has 18 heavy (non-hydrogen) atoms. The molecule has 0 spiro atoms. The monoisotopic (exact) mass is 250 g/mol. The first-order valence-corrected chi connectivity index (χ1v) is 6.14. The van der Waals surface area contributed by atoms with Crippen LogP contribution in [0.15, 0.2) is 24.3 Å². The van der Waals surface area contributed by atoms with Gasteiger partial charge in [-0.25, -0.2) is 0 Å². The summed E-state index contributed by atoms with van der Waals surface area (Å²) in [5.74, 6) is 1.10. The van der Waals surface area contributed by atoms with Crippen molar-refractivity contribution in [1.82, 2.24) is 0 Å². The molecule has 0 saturated carbocycles. The molecule has 0 aliphatic carbocycles. The number of carbonyl (C=O) groups excluding carboxylic acids is 1. The van der Waals surface area contributed by atoms with Crippen molar-refractivity contribution in [1.29, 1.82) is 0 Å². The van der Waals surface area contributed by atoms with Gasteiger partial charge in [-0.05, 0) is 24.1 Å². The number of esters is 1. The number of hydrogen-bond acceptors (Lipinski definition) is 4. The summed E-state index contributed by atoms with van der Waals surface area (Å²) in [7, 11) is 1.39. The maximum absolute atomic E-state index is 11.1. The predicted octanol–water partition coefficient (Wildman–Crippen LogP) is 1.82. The Balaban J connectivity index is 1.81. The Hall–Kier alpha value is -1.55. The molecule has 1 atom stereocenters. The first-order valence-electron chi connectivity index (χ1n) is 6.14. The SMILES string of the molecule is COC(=O)Cc1ccc(OCC2CCOC2)cc1. The molecule has 1 aliphatic rings. The van der Waals surface area contributed by atoms with Gasteiger partial charge in [-0.15, -0.1) is 0 Å². The number of hydrogen-bond donors (Lipinski definition) is 0. The van der Waals surface area contributed by atoms with Crippen molar-refractivity contribution < 1.29 is 19.0 Å². The summed E-state index contributed by atoms with van der Waals surface area (Å²) in [6.45, 7) is 2.32. The van der Waals surface area contributed by atoms with E-state index in [1.54, 1.807) is 0 Å². The Morgan fingerprint density at radius 1 is 1.39 bits per heavy atom. The fourth-order valence-electron chi connectivity index (χ4n) is 1.87. The summed E-state index contributed by atoms with van der Waals surface area (Å²) in [6.07, 6.45) is 1.37. The summed E-state index contributed by atoms with van der Waals surface area (Å²) >= 11 is 0. The molecule has 1 aliphatic heterocycles. The highest BCUT2D eigenvalue weighted by molar-refractivity contribution is 5.72. The van der Waals surface area contributed by atoms with Crippen LogP contribution in [0, 0.1) is 5.92 Å². The quantitative estimate of drug-likeness (QED) is 0.748. The normalized spacial score (nSPS) is 18.6. The second-order valence-electron chi connectivity index (χ2n) is 4.44. The number of benzene rings is 1. The second-order valence-corrected chi connectivity index (χ2v) is 4.44. The van der Waals surface area contributed by atoms with Crippen LogP contribution in [-0.4, -0.2) is 32.9 Å². The Labute approximate surface area is 107 Å². The van der Waals surface area contributed by atoms with Gasteiger partial charge in [0.25, 0.3) is 0 Å². The largest absolute Gasteiger partial charge is 0.493 e. The van der Waals surface area contributed by atoms with Gasteiger partial charge in [-0.1, -0.05) is 12.1 Å². The van der Waals surface area contributed by atoms with Gasteiger partial charge in [-0.3, -0.25) is 4.79 Å². The molecule has 98 valence electrons. The first kappa shape index (κ1) is 12.9. The van der Waals surface area contributed by atoms with Gasteiger partial charge < -0.3 is 14.2 Å². The average Bonchev–Trinajstić information content (AvgIpc) is 2.91. The van der Waals surface area contributed by atoms with Crippen LogP contribution >= 0.6 is 0 Å². The van der Waals surface area contributed by atoms with Crippen LogP contribution < -0.4 is 4.74 Å². The minimum Gasteiger partial charge on any atom is -0.493 e. The van der Waals surface area contributed by atoms with E-state index in [0.29, 0.717) is 18.9 Å². The first-order chi connectivity index (χ1) is 8.78. The molecule has 0 aromatic heterocycles. The molecule has 1 aromatic rings. The summed E-state index contributed by atoms with van der Waals surface area (Å²) in [6, 6.07) is 7.54. The van der Waals surface area contributed by atoms with Crippen molar-refractivity contribution in [2.45, 2.75) is 12.8 Å². The lowest BCUT2D eigenvalue weighted by Crippen LogP contribution is -2.11. The molecule has 1 aromatic carbocycles. The van der Waals surface area contributed by atoms with Gasteiger partial charge in [0.2, 0.25) is 0 Å². The van der Waals surface area contributed by atoms with E-state index in [1.807, 2.05) is 24.3 Å². The van der Waals surface area contributed by atoms with Crippen LogP contribution in [-0.2, 0) is 20.7 Å². The minimum atomic E-state index is -0.230. The van der Waals surface area contributed by atoms with Gasteiger partial charge in [0.1, 0.15) is 5.75 Å². The topological polar surface area (TPSA) is 44.8 Å². The van der Waals surface area contributed by atoms with Crippen LogP contribution in [0.25, 0.3) is 0 Å². The lowest BCUT2D eigenvalue weighted by Gasteiger charge is -2.10. The van der Waals surface area contributed by atoms with Crippen LogP contribution in [0.5, 0.6) is 5.75 Å². The summed E-state index contributed by atoms with van der Waals surface area (Å²) in [5.41, 5.74) is 0.929. The van der Waals surface area contributed by atoms with Crippen molar-refractivity contribution in [3.8, 4) is 5.75 Å². The van der Waals surface area contributed by atoms with Crippen molar-refractivity contribution in [3.05, 3.63) is 29.8 Å². The molecule has 1 unspecified atom stereocenters. The third-order valence-electron chi connectivity index (χ3n) is 3.01. The average molecular weight is 250 g/mol. The third kappa shape index (κ3) is 3.74. The minimum absolute atomic E-state index is 0.230. The molecule has 0 bridgehead atoms. The molecule has 1 heterocycles. The van der Waals surface area contributed by atoms with Crippen molar-refractivity contribution >= 4 is 5.97 Å². The van der Waals surface area contributed by atoms with E-state index < -0.39 is 0 Å². The maximum Gasteiger partial charge on any atom is 0.309 e. The van der Waals surface area contributed by atoms with E-state index in [4.69, 9.17) is 9.47 Å². The molecule has 0 N–H and O–H groups in total. The van der Waals surface area contributed by atoms with Crippen LogP contribution in [0.1, 0.15) is 12.0 Å². The summed E-state index contributed by atoms with van der Waals surface area (Å²) < 4.78 is 15.6. The summed E-state index contributed by atoms with van der Waals surface area (Å²) in [5, 5.41) is 0. The highest BCUT2D eigenvalue weighted by Crippen LogP contribution is 2.17. The third-order valence-corrected chi connectivity index (χ3v) is 3.01. The fraction of sp³-hybridized carbons (Fsp3) is 0.500. The van der Waals surface area contributed by atoms with E-state index in [1.165, 1.54) is 7.11 Å². The summed E-state index contributed by atoms with van der Waals surface area (Å²) in [4.78, 5) is 11.1. The van der Waals surface area contributed by atoms with E-state index in [0.717, 1.165) is 30.9 Å². The Kier molecular flexibility index (Phi) is 4.59. The lowest BCUT2D eigenvalue weighted by molar-refractivity contribution is -0.139. The molecule has 0 amide bonds. The fourth-order valence-corrected chi connectivity index (χ4v) is 1.87. The zero-order valence-electron chi connectivity index (χ0n) is 10.6. The zero-order chi connectivity index (χ0) is 12.8. The van der Waals surface area contributed by atoms with Gasteiger partial charge in [-0.2, -0.15) is 0 Å². The Morgan fingerprint density at radius 2 is 2.17 bits per heavy atom. The molecule has 4 nitrogen and oxygen atoms in total. The smallest absolute Gasteiger partial charge is 0.309 e. The van der Waals surface area contributed by atoms with Crippen molar-refractivity contribution in [3.63, 3.8) is 0 Å². The van der Waals surface area contributed by atoms with E-state index in [9.17, 15) is 4.79 Å². The Morgan fingerprint density at radius 3 is 2.78 bits per heavy atom. The number of ether oxygens (including phenoxy) is 3. The Bertz CT molecular complexity index is 379. The van der Waals surface area contributed by atoms with Gasteiger partial charge in [0.05, 0.1) is 26.7 Å². The molecule has 2 rings (SSSR count). The number of methoxy groups -OCH3 is 1. The van der Waals surface area contributed by atoms with E-state index in [-0.39, 0.29) is 5.97 Å². The van der Waals surface area contributed by atoms with Gasteiger partial charge >= 0.3 is 5.97 Å². The molecule has 1 saturated heterocycles. The van der Waals surface area contributed by atoms with Gasteiger partial charge in [0, 0.05) is 12.5 Å². The van der Waals surface area contributed by atoms with Crippen molar-refractivity contribution in [2.75, 3.05) is 26.9 Å². The highest BCUT2D eigenvalue weighted by Gasteiger charge is 2.16. The molecular formula is C14H18O4. The van der Waals surface area contributed by atoms with Crippen LogP contribution in [0.2, 0.25) is 0 Å². The number of rotatable bonds is 5. The molecule has 1 fully saturated rings. The van der Waals surface area contributed by atoms with E-state index in [2.05, 4.69) is 4.74 Å². The number of carbonyl (C=O) groups is 1. The van der Waals surface area contributed by atoms with Crippen LogP contribution in [0.4, 0.5) is 0 Å². The predicted molar refractivity (Wildman–Crippen MR) is 66.6 cm³/mol. The molecule has 0 radical (unpaired) electrons. The van der Waals surface area contributed by atoms with E-state index >= 15 is 0 Å². The van der Waals surface area contributed by atoms with Crippen molar-refractivity contribution in [2.24, 2.45) is 5.92 Å². The molecular weight excluding hydrogens is 232 g/mol. The van der Waals surface area contributed by atoms with Gasteiger partial charge in [0.15, 0.2) is 0 Å². The molecule has 4 heteroatoms. The highest BCUT2D eigenvalue weighted by atomic mass is 16.5. The standard InChI is InChI=1S/C14H18O4/c1-16-14(15)8-11-2-4-13(5-3-11)18-10-12-6-7-17-9-12/h2-5,12H,6-10H2,1H3. The second kappa shape index (κ2) is 6.40.